The second-order valence-electron chi connectivity index (χ2n) is 5.08. The lowest BCUT2D eigenvalue weighted by Gasteiger charge is -2.12. The minimum absolute atomic E-state index is 0.185. The van der Waals surface area contributed by atoms with Crippen LogP contribution in [0.25, 0.3) is 11.0 Å². The van der Waals surface area contributed by atoms with Crippen molar-refractivity contribution in [3.8, 4) is 0 Å². The average molecular weight is 320 g/mol. The predicted molar refractivity (Wildman–Crippen MR) is 87.1 cm³/mol. The van der Waals surface area contributed by atoms with Crippen molar-refractivity contribution in [2.75, 3.05) is 0 Å². The number of halogens is 2. The molecule has 0 saturated carbocycles. The van der Waals surface area contributed by atoms with Crippen molar-refractivity contribution in [1.29, 1.82) is 0 Å². The van der Waals surface area contributed by atoms with Crippen LogP contribution in [0, 0.1) is 6.92 Å². The van der Waals surface area contributed by atoms with E-state index in [-0.39, 0.29) is 5.38 Å². The fourth-order valence-corrected chi connectivity index (χ4v) is 2.83. The van der Waals surface area contributed by atoms with Crippen LogP contribution in [0.2, 0.25) is 5.02 Å². The van der Waals surface area contributed by atoms with E-state index in [1.807, 2.05) is 37.4 Å². The van der Waals surface area contributed by atoms with E-state index >= 15 is 0 Å². The van der Waals surface area contributed by atoms with Crippen LogP contribution in [-0.2, 0) is 6.54 Å². The zero-order valence-electron chi connectivity index (χ0n) is 11.8. The first-order valence-electron chi connectivity index (χ1n) is 6.76. The van der Waals surface area contributed by atoms with Gasteiger partial charge in [0.1, 0.15) is 11.3 Å². The number of pyridine rings is 1. The Balaban J connectivity index is 2.19. The summed E-state index contributed by atoms with van der Waals surface area (Å²) in [5.41, 5.74) is 4.15. The maximum atomic E-state index is 6.30. The molecule has 3 aromatic rings. The lowest BCUT2D eigenvalue weighted by atomic mass is 10.1. The quantitative estimate of drug-likeness (QED) is 0.653. The van der Waals surface area contributed by atoms with Crippen LogP contribution in [-0.4, -0.2) is 14.5 Å². The van der Waals surface area contributed by atoms with Gasteiger partial charge < -0.3 is 4.57 Å². The van der Waals surface area contributed by atoms with Crippen molar-refractivity contribution < 1.29 is 0 Å². The van der Waals surface area contributed by atoms with Crippen LogP contribution >= 0.6 is 23.2 Å². The van der Waals surface area contributed by atoms with E-state index in [9.17, 15) is 0 Å². The van der Waals surface area contributed by atoms with E-state index in [4.69, 9.17) is 23.2 Å². The Morgan fingerprint density at radius 3 is 2.81 bits per heavy atom. The zero-order valence-corrected chi connectivity index (χ0v) is 13.4. The number of aromatic nitrogens is 3. The molecular weight excluding hydrogens is 305 g/mol. The van der Waals surface area contributed by atoms with E-state index < -0.39 is 0 Å². The molecule has 0 aliphatic rings. The number of rotatable bonds is 3. The fourth-order valence-electron chi connectivity index (χ4n) is 2.45. The second kappa shape index (κ2) is 5.66. The maximum Gasteiger partial charge on any atom is 0.128 e. The van der Waals surface area contributed by atoms with Crippen LogP contribution in [0.5, 0.6) is 0 Å². The van der Waals surface area contributed by atoms with Crippen LogP contribution in [0.15, 0.2) is 36.7 Å². The van der Waals surface area contributed by atoms with E-state index in [0.717, 1.165) is 22.4 Å². The highest BCUT2D eigenvalue weighted by Crippen LogP contribution is 2.29. The Bertz CT molecular complexity index is 793. The second-order valence-corrected chi connectivity index (χ2v) is 6.14. The number of aryl methyl sites for hydroxylation is 1. The third-order valence-electron chi connectivity index (χ3n) is 3.58. The van der Waals surface area contributed by atoms with Gasteiger partial charge in [-0.05, 0) is 43.2 Å². The summed E-state index contributed by atoms with van der Waals surface area (Å²) in [6.45, 7) is 4.68. The number of alkyl halides is 1. The largest absolute Gasteiger partial charge is 0.322 e. The summed E-state index contributed by atoms with van der Waals surface area (Å²) in [5.74, 6) is 0.830. The summed E-state index contributed by atoms with van der Waals surface area (Å²) in [6, 6.07) is 7.83. The van der Waals surface area contributed by atoms with Gasteiger partial charge in [-0.3, -0.25) is 4.98 Å². The summed E-state index contributed by atoms with van der Waals surface area (Å²) in [5, 5.41) is 0.465. The predicted octanol–water partition coefficient (Wildman–Crippen LogP) is 4.74. The lowest BCUT2D eigenvalue weighted by molar-refractivity contribution is 0.738. The van der Waals surface area contributed by atoms with E-state index in [0.29, 0.717) is 11.6 Å². The first kappa shape index (κ1) is 14.4. The van der Waals surface area contributed by atoms with Gasteiger partial charge >= 0.3 is 0 Å². The van der Waals surface area contributed by atoms with Crippen LogP contribution in [0.3, 0.4) is 0 Å². The topological polar surface area (TPSA) is 30.7 Å². The molecule has 108 valence electrons. The number of hydrogen-bond donors (Lipinski definition) is 0. The fraction of sp³-hybridized carbons (Fsp3) is 0.250. The Morgan fingerprint density at radius 2 is 2.10 bits per heavy atom. The smallest absolute Gasteiger partial charge is 0.128 e. The molecule has 0 fully saturated rings. The Labute approximate surface area is 133 Å². The molecule has 1 unspecified atom stereocenters. The Kier molecular flexibility index (Phi) is 3.87. The normalized spacial score (nSPS) is 12.8. The van der Waals surface area contributed by atoms with Crippen molar-refractivity contribution in [2.45, 2.75) is 25.8 Å². The van der Waals surface area contributed by atoms with Crippen molar-refractivity contribution in [3.05, 3.63) is 58.6 Å². The van der Waals surface area contributed by atoms with Crippen molar-refractivity contribution in [3.63, 3.8) is 0 Å². The molecule has 2 heterocycles. The van der Waals surface area contributed by atoms with E-state index in [1.54, 1.807) is 6.20 Å². The molecule has 1 aromatic carbocycles. The summed E-state index contributed by atoms with van der Waals surface area (Å²) < 4.78 is 2.13. The van der Waals surface area contributed by atoms with Gasteiger partial charge in [0.15, 0.2) is 0 Å². The van der Waals surface area contributed by atoms with Gasteiger partial charge in [-0.2, -0.15) is 0 Å². The van der Waals surface area contributed by atoms with Crippen molar-refractivity contribution in [1.82, 2.24) is 14.5 Å². The molecule has 3 rings (SSSR count). The zero-order chi connectivity index (χ0) is 15.0. The highest BCUT2D eigenvalue weighted by molar-refractivity contribution is 6.35. The van der Waals surface area contributed by atoms with Gasteiger partial charge in [-0.15, -0.1) is 11.6 Å². The van der Waals surface area contributed by atoms with Crippen LogP contribution < -0.4 is 0 Å². The molecule has 1 atom stereocenters. The van der Waals surface area contributed by atoms with E-state index in [2.05, 4.69) is 21.5 Å². The standard InChI is InChI=1S/C16H15Cl2N3/c1-10-8-19-7-6-12(10)9-21-14-5-3-4-13(18)15(14)20-16(21)11(2)17/h3-8,11H,9H2,1-2H3. The number of para-hydroxylation sites is 1. The third-order valence-corrected chi connectivity index (χ3v) is 4.08. The number of hydrogen-bond acceptors (Lipinski definition) is 2. The van der Waals surface area contributed by atoms with Crippen LogP contribution in [0.1, 0.15) is 29.3 Å². The molecule has 5 heteroatoms. The number of benzene rings is 1. The molecule has 0 radical (unpaired) electrons. The summed E-state index contributed by atoms with van der Waals surface area (Å²) in [6.07, 6.45) is 3.67. The molecule has 0 N–H and O–H groups in total. The van der Waals surface area contributed by atoms with Gasteiger partial charge in [0.05, 0.1) is 15.9 Å². The third kappa shape index (κ3) is 2.63. The molecule has 0 aliphatic carbocycles. The Hall–Kier alpha value is -1.58. The minimum atomic E-state index is -0.185. The number of imidazole rings is 1. The summed E-state index contributed by atoms with van der Waals surface area (Å²) in [7, 11) is 0. The maximum absolute atomic E-state index is 6.30. The average Bonchev–Trinajstić information content (AvgIpc) is 2.82. The van der Waals surface area contributed by atoms with Gasteiger partial charge in [-0.1, -0.05) is 17.7 Å². The van der Waals surface area contributed by atoms with Gasteiger partial charge in [0.25, 0.3) is 0 Å². The van der Waals surface area contributed by atoms with E-state index in [1.165, 1.54) is 5.56 Å². The number of fused-ring (bicyclic) bond motifs is 1. The SMILES string of the molecule is Cc1cnccc1Cn1c(C(C)Cl)nc2c(Cl)cccc21. The van der Waals surface area contributed by atoms with Gasteiger partial charge in [0.2, 0.25) is 0 Å². The first-order valence-corrected chi connectivity index (χ1v) is 7.57. The molecule has 0 spiro atoms. The highest BCUT2D eigenvalue weighted by atomic mass is 35.5. The molecule has 0 aliphatic heterocycles. The van der Waals surface area contributed by atoms with Gasteiger partial charge in [-0.25, -0.2) is 4.98 Å². The summed E-state index contributed by atoms with van der Waals surface area (Å²) in [4.78, 5) is 8.76. The monoisotopic (exact) mass is 319 g/mol. The van der Waals surface area contributed by atoms with Gasteiger partial charge in [0, 0.05) is 18.9 Å². The Morgan fingerprint density at radius 1 is 1.29 bits per heavy atom. The minimum Gasteiger partial charge on any atom is -0.322 e. The molecular formula is C16H15Cl2N3. The number of nitrogens with zero attached hydrogens (tertiary/aromatic N) is 3. The first-order chi connectivity index (χ1) is 10.1. The van der Waals surface area contributed by atoms with Crippen molar-refractivity contribution in [2.24, 2.45) is 0 Å². The summed E-state index contributed by atoms with van der Waals surface area (Å²) >= 11 is 12.6. The van der Waals surface area contributed by atoms with Crippen molar-refractivity contribution >= 4 is 34.2 Å². The molecule has 21 heavy (non-hydrogen) atoms. The van der Waals surface area contributed by atoms with Crippen LogP contribution in [0.4, 0.5) is 0 Å². The molecule has 0 saturated heterocycles. The molecule has 2 aromatic heterocycles. The lowest BCUT2D eigenvalue weighted by Crippen LogP contribution is -2.07. The molecule has 0 amide bonds. The molecule has 3 nitrogen and oxygen atoms in total. The highest BCUT2D eigenvalue weighted by Gasteiger charge is 2.17. The molecule has 0 bridgehead atoms.